The van der Waals surface area contributed by atoms with Gasteiger partial charge in [-0.05, 0) is 24.3 Å². The third kappa shape index (κ3) is 2.54. The predicted molar refractivity (Wildman–Crippen MR) is 89.7 cm³/mol. The fraction of sp³-hybridized carbons (Fsp3) is 0.0556. The van der Waals surface area contributed by atoms with Crippen LogP contribution in [0, 0.1) is 0 Å². The van der Waals surface area contributed by atoms with Crippen LogP contribution in [0.5, 0.6) is 0 Å². The lowest BCUT2D eigenvalue weighted by Gasteiger charge is -2.03. The highest BCUT2D eigenvalue weighted by Gasteiger charge is 2.14. The Morgan fingerprint density at radius 2 is 1.92 bits per heavy atom. The minimum Gasteiger partial charge on any atom is -0.459 e. The van der Waals surface area contributed by atoms with Crippen molar-refractivity contribution in [3.63, 3.8) is 0 Å². The van der Waals surface area contributed by atoms with E-state index in [4.69, 9.17) is 4.42 Å². The van der Waals surface area contributed by atoms with E-state index in [0.717, 1.165) is 11.0 Å². The molecule has 0 fully saturated rings. The third-order valence-corrected chi connectivity index (χ3v) is 3.71. The first-order valence-corrected chi connectivity index (χ1v) is 7.45. The number of para-hydroxylation sites is 3. The molecule has 0 saturated heterocycles. The van der Waals surface area contributed by atoms with Crippen molar-refractivity contribution in [2.75, 3.05) is 0 Å². The summed E-state index contributed by atoms with van der Waals surface area (Å²) in [6, 6.07) is 16.5. The van der Waals surface area contributed by atoms with E-state index in [0.29, 0.717) is 16.8 Å². The van der Waals surface area contributed by atoms with E-state index in [2.05, 4.69) is 15.3 Å². The highest BCUT2D eigenvalue weighted by Crippen LogP contribution is 2.18. The molecular formula is C18H13N3O3. The van der Waals surface area contributed by atoms with Crippen molar-refractivity contribution in [2.24, 2.45) is 0 Å². The van der Waals surface area contributed by atoms with Crippen molar-refractivity contribution < 1.29 is 9.21 Å². The zero-order valence-electron chi connectivity index (χ0n) is 12.6. The smallest absolute Gasteiger partial charge is 0.280 e. The molecule has 0 aliphatic rings. The van der Waals surface area contributed by atoms with E-state index in [-0.39, 0.29) is 12.2 Å². The summed E-state index contributed by atoms with van der Waals surface area (Å²) in [5.41, 5.74) is 1.23. The zero-order chi connectivity index (χ0) is 16.5. The van der Waals surface area contributed by atoms with Gasteiger partial charge in [0.25, 0.3) is 11.5 Å². The number of nitrogens with zero attached hydrogens (tertiary/aromatic N) is 1. The molecule has 2 aromatic carbocycles. The Bertz CT molecular complexity index is 1080. The predicted octanol–water partition coefficient (Wildman–Crippen LogP) is 2.60. The Morgan fingerprint density at radius 1 is 1.12 bits per heavy atom. The second kappa shape index (κ2) is 5.66. The molecule has 0 radical (unpaired) electrons. The maximum absolute atomic E-state index is 12.3. The summed E-state index contributed by atoms with van der Waals surface area (Å²) in [6.07, 6.45) is 0. The van der Waals surface area contributed by atoms with Crippen molar-refractivity contribution >= 4 is 27.9 Å². The Kier molecular flexibility index (Phi) is 3.35. The molecule has 118 valence electrons. The van der Waals surface area contributed by atoms with Crippen molar-refractivity contribution in [3.05, 3.63) is 76.4 Å². The highest BCUT2D eigenvalue weighted by molar-refractivity contribution is 5.93. The lowest BCUT2D eigenvalue weighted by Crippen LogP contribution is -2.30. The van der Waals surface area contributed by atoms with Gasteiger partial charge < -0.3 is 14.7 Å². The lowest BCUT2D eigenvalue weighted by molar-refractivity contribution is 0.0942. The number of furan rings is 1. The molecule has 0 aliphatic heterocycles. The Hall–Kier alpha value is -3.41. The van der Waals surface area contributed by atoms with E-state index in [1.807, 2.05) is 30.3 Å². The molecule has 2 aromatic heterocycles. The number of aromatic amines is 1. The fourth-order valence-electron chi connectivity index (χ4n) is 2.56. The standard InChI is InChI=1S/C18H13N3O3/c22-17(16-18(23)21-14-7-3-2-6-13(14)20-16)19-10-12-9-11-5-1-4-8-15(11)24-12/h1-9H,10H2,(H,19,22)(H,21,23). The molecule has 4 aromatic rings. The summed E-state index contributed by atoms with van der Waals surface area (Å²) >= 11 is 0. The molecule has 6 heteroatoms. The fourth-order valence-corrected chi connectivity index (χ4v) is 2.56. The molecule has 2 N–H and O–H groups in total. The van der Waals surface area contributed by atoms with E-state index >= 15 is 0 Å². The quantitative estimate of drug-likeness (QED) is 0.607. The van der Waals surface area contributed by atoms with Crippen LogP contribution in [0.3, 0.4) is 0 Å². The molecule has 6 nitrogen and oxygen atoms in total. The number of benzene rings is 2. The molecule has 0 unspecified atom stereocenters. The molecule has 4 rings (SSSR count). The van der Waals surface area contributed by atoms with Gasteiger partial charge in [0.05, 0.1) is 17.6 Å². The number of fused-ring (bicyclic) bond motifs is 2. The molecule has 0 bridgehead atoms. The second-order valence-corrected chi connectivity index (χ2v) is 5.36. The average Bonchev–Trinajstić information content (AvgIpc) is 3.02. The van der Waals surface area contributed by atoms with Crippen LogP contribution in [0.15, 0.2) is 63.8 Å². The van der Waals surface area contributed by atoms with Crippen LogP contribution < -0.4 is 10.9 Å². The Morgan fingerprint density at radius 3 is 2.79 bits per heavy atom. The number of H-pyrrole nitrogens is 1. The molecule has 0 spiro atoms. The van der Waals surface area contributed by atoms with Gasteiger partial charge in [0, 0.05) is 5.39 Å². The van der Waals surface area contributed by atoms with Gasteiger partial charge in [-0.2, -0.15) is 0 Å². The van der Waals surface area contributed by atoms with Crippen molar-refractivity contribution in [1.29, 1.82) is 0 Å². The van der Waals surface area contributed by atoms with Crippen molar-refractivity contribution in [3.8, 4) is 0 Å². The van der Waals surface area contributed by atoms with E-state index in [1.165, 1.54) is 0 Å². The first-order valence-electron chi connectivity index (χ1n) is 7.45. The molecular weight excluding hydrogens is 306 g/mol. The molecule has 1 amide bonds. The summed E-state index contributed by atoms with van der Waals surface area (Å²) in [5.74, 6) is 0.0734. The zero-order valence-corrected chi connectivity index (χ0v) is 12.6. The molecule has 0 atom stereocenters. The second-order valence-electron chi connectivity index (χ2n) is 5.36. The number of carbonyl (C=O) groups is 1. The summed E-state index contributed by atoms with van der Waals surface area (Å²) in [4.78, 5) is 31.1. The van der Waals surface area contributed by atoms with Crippen LogP contribution >= 0.6 is 0 Å². The lowest BCUT2D eigenvalue weighted by atomic mass is 10.2. The minimum absolute atomic E-state index is 0.162. The number of amides is 1. The van der Waals surface area contributed by atoms with Crippen LogP contribution in [0.25, 0.3) is 22.0 Å². The van der Waals surface area contributed by atoms with Gasteiger partial charge in [0.2, 0.25) is 0 Å². The van der Waals surface area contributed by atoms with Gasteiger partial charge in [-0.1, -0.05) is 30.3 Å². The number of hydrogen-bond acceptors (Lipinski definition) is 4. The summed E-state index contributed by atoms with van der Waals surface area (Å²) < 4.78 is 5.63. The molecule has 2 heterocycles. The third-order valence-electron chi connectivity index (χ3n) is 3.71. The normalized spacial score (nSPS) is 11.0. The Balaban J connectivity index is 1.57. The summed E-state index contributed by atoms with van der Waals surface area (Å²) in [5, 5.41) is 3.63. The number of nitrogens with one attached hydrogen (secondary N) is 2. The van der Waals surface area contributed by atoms with Crippen LogP contribution in [-0.4, -0.2) is 15.9 Å². The number of carbonyl (C=O) groups excluding carboxylic acids is 1. The number of aromatic nitrogens is 2. The SMILES string of the molecule is O=C(NCc1cc2ccccc2o1)c1nc2ccccc2[nH]c1=O. The van der Waals surface area contributed by atoms with Gasteiger partial charge in [-0.15, -0.1) is 0 Å². The van der Waals surface area contributed by atoms with Gasteiger partial charge >= 0.3 is 0 Å². The molecule has 24 heavy (non-hydrogen) atoms. The first kappa shape index (κ1) is 14.2. The Labute approximate surface area is 136 Å². The van der Waals surface area contributed by atoms with Gasteiger partial charge in [-0.3, -0.25) is 9.59 Å². The van der Waals surface area contributed by atoms with Gasteiger partial charge in [0.15, 0.2) is 5.69 Å². The summed E-state index contributed by atoms with van der Waals surface area (Å²) in [6.45, 7) is 0.182. The topological polar surface area (TPSA) is 88.0 Å². The average molecular weight is 319 g/mol. The maximum Gasteiger partial charge on any atom is 0.280 e. The van der Waals surface area contributed by atoms with Crippen LogP contribution in [0.1, 0.15) is 16.2 Å². The van der Waals surface area contributed by atoms with Crippen LogP contribution in [-0.2, 0) is 6.54 Å². The largest absolute Gasteiger partial charge is 0.459 e. The molecule has 0 saturated carbocycles. The highest BCUT2D eigenvalue weighted by atomic mass is 16.3. The maximum atomic E-state index is 12.3. The van der Waals surface area contributed by atoms with Crippen LogP contribution in [0.2, 0.25) is 0 Å². The van der Waals surface area contributed by atoms with E-state index in [9.17, 15) is 9.59 Å². The van der Waals surface area contributed by atoms with E-state index in [1.54, 1.807) is 24.3 Å². The van der Waals surface area contributed by atoms with Crippen LogP contribution in [0.4, 0.5) is 0 Å². The van der Waals surface area contributed by atoms with E-state index < -0.39 is 11.5 Å². The molecule has 0 aliphatic carbocycles. The van der Waals surface area contributed by atoms with Gasteiger partial charge in [0.1, 0.15) is 11.3 Å². The number of hydrogen-bond donors (Lipinski definition) is 2. The van der Waals surface area contributed by atoms with Gasteiger partial charge in [-0.25, -0.2) is 4.98 Å². The minimum atomic E-state index is -0.539. The van der Waals surface area contributed by atoms with Crippen molar-refractivity contribution in [2.45, 2.75) is 6.54 Å². The monoisotopic (exact) mass is 319 g/mol. The van der Waals surface area contributed by atoms with Crippen molar-refractivity contribution in [1.82, 2.24) is 15.3 Å². The summed E-state index contributed by atoms with van der Waals surface area (Å²) in [7, 11) is 0. The number of rotatable bonds is 3. The first-order chi connectivity index (χ1) is 11.7.